The van der Waals surface area contributed by atoms with Crippen LogP contribution in [0, 0.1) is 24.1 Å². The predicted octanol–water partition coefficient (Wildman–Crippen LogP) is 2.77. The molecule has 0 aliphatic carbocycles. The second kappa shape index (κ2) is 5.31. The molecule has 0 fully saturated rings. The van der Waals surface area contributed by atoms with Gasteiger partial charge in [0.05, 0.1) is 11.6 Å². The molecule has 0 radical (unpaired) electrons. The molecule has 0 bridgehead atoms. The largest absolute Gasteiger partial charge is 0.376 e. The van der Waals surface area contributed by atoms with Gasteiger partial charge in [0, 0.05) is 6.07 Å². The van der Waals surface area contributed by atoms with E-state index in [1.165, 1.54) is 18.2 Å². The normalized spacial score (nSPS) is 10.8. The lowest BCUT2D eigenvalue weighted by atomic mass is 10.2. The highest BCUT2D eigenvalue weighted by molar-refractivity contribution is 7.87. The van der Waals surface area contributed by atoms with Gasteiger partial charge in [-0.15, -0.1) is 0 Å². The Bertz CT molecular complexity index is 777. The third-order valence-corrected chi connectivity index (χ3v) is 3.82. The summed E-state index contributed by atoms with van der Waals surface area (Å²) in [4.78, 5) is -0.0788. The van der Waals surface area contributed by atoms with E-state index in [1.54, 1.807) is 18.2 Å². The van der Waals surface area contributed by atoms with E-state index in [4.69, 9.17) is 9.44 Å². The van der Waals surface area contributed by atoms with Crippen molar-refractivity contribution in [2.75, 3.05) is 0 Å². The van der Waals surface area contributed by atoms with Crippen molar-refractivity contribution in [1.82, 2.24) is 0 Å². The number of nitrogens with zero attached hydrogens (tertiary/aromatic N) is 1. The predicted molar refractivity (Wildman–Crippen MR) is 70.1 cm³/mol. The fourth-order valence-electron chi connectivity index (χ4n) is 1.51. The zero-order valence-corrected chi connectivity index (χ0v) is 11.3. The summed E-state index contributed by atoms with van der Waals surface area (Å²) in [6, 6.07) is 11.0. The Morgan fingerprint density at radius 1 is 1.15 bits per heavy atom. The first-order valence-electron chi connectivity index (χ1n) is 5.63. The summed E-state index contributed by atoms with van der Waals surface area (Å²) < 4.78 is 42.3. The van der Waals surface area contributed by atoms with Crippen LogP contribution in [0.25, 0.3) is 0 Å². The van der Waals surface area contributed by atoms with Gasteiger partial charge < -0.3 is 4.18 Å². The Kier molecular flexibility index (Phi) is 3.72. The van der Waals surface area contributed by atoms with E-state index in [9.17, 15) is 12.8 Å². The summed E-state index contributed by atoms with van der Waals surface area (Å²) in [5.74, 6) is -1.34. The van der Waals surface area contributed by atoms with Crippen LogP contribution in [0.15, 0.2) is 47.4 Å². The summed E-state index contributed by atoms with van der Waals surface area (Å²) in [5.41, 5.74) is 1.00. The first-order chi connectivity index (χ1) is 9.42. The average Bonchev–Trinajstić information content (AvgIpc) is 2.41. The molecule has 0 saturated carbocycles. The van der Waals surface area contributed by atoms with Crippen molar-refractivity contribution in [2.45, 2.75) is 11.8 Å². The molecule has 2 aromatic carbocycles. The van der Waals surface area contributed by atoms with Gasteiger partial charge in [0.25, 0.3) is 0 Å². The number of halogens is 1. The summed E-state index contributed by atoms with van der Waals surface area (Å²) in [6.45, 7) is 1.81. The monoisotopic (exact) mass is 291 g/mol. The Morgan fingerprint density at radius 2 is 1.80 bits per heavy atom. The van der Waals surface area contributed by atoms with Crippen LogP contribution < -0.4 is 4.18 Å². The zero-order valence-electron chi connectivity index (χ0n) is 10.5. The fraction of sp³-hybridized carbons (Fsp3) is 0.0714. The van der Waals surface area contributed by atoms with E-state index in [0.717, 1.165) is 17.7 Å². The van der Waals surface area contributed by atoms with Crippen molar-refractivity contribution in [3.05, 3.63) is 59.4 Å². The summed E-state index contributed by atoms with van der Waals surface area (Å²) in [6.07, 6.45) is 0. The van der Waals surface area contributed by atoms with Crippen LogP contribution >= 0.6 is 0 Å². The van der Waals surface area contributed by atoms with Crippen molar-refractivity contribution in [3.63, 3.8) is 0 Å². The minimum absolute atomic E-state index is 0.0788. The van der Waals surface area contributed by atoms with Crippen molar-refractivity contribution in [3.8, 4) is 11.8 Å². The highest BCUT2D eigenvalue weighted by atomic mass is 32.2. The Balaban J connectivity index is 2.38. The van der Waals surface area contributed by atoms with E-state index in [2.05, 4.69) is 0 Å². The van der Waals surface area contributed by atoms with Gasteiger partial charge in [0.1, 0.15) is 4.90 Å². The number of rotatable bonds is 3. The van der Waals surface area contributed by atoms with E-state index < -0.39 is 21.7 Å². The third kappa shape index (κ3) is 2.95. The van der Waals surface area contributed by atoms with E-state index in [1.807, 2.05) is 6.92 Å². The molecule has 2 rings (SSSR count). The SMILES string of the molecule is Cc1ccc(S(=O)(=O)Oc2cc(C#N)ccc2F)cc1. The lowest BCUT2D eigenvalue weighted by Gasteiger charge is -2.08. The molecule has 0 spiro atoms. The quantitative estimate of drug-likeness (QED) is 0.815. The van der Waals surface area contributed by atoms with Crippen molar-refractivity contribution in [2.24, 2.45) is 0 Å². The molecular weight excluding hydrogens is 281 g/mol. The van der Waals surface area contributed by atoms with Gasteiger partial charge in [0.2, 0.25) is 0 Å². The summed E-state index contributed by atoms with van der Waals surface area (Å²) >= 11 is 0. The molecule has 0 aromatic heterocycles. The molecule has 0 saturated heterocycles. The molecule has 4 nitrogen and oxygen atoms in total. The van der Waals surface area contributed by atoms with E-state index in [0.29, 0.717) is 0 Å². The van der Waals surface area contributed by atoms with Crippen molar-refractivity contribution < 1.29 is 17.0 Å². The molecule has 0 aliphatic heterocycles. The first-order valence-corrected chi connectivity index (χ1v) is 7.04. The van der Waals surface area contributed by atoms with Crippen molar-refractivity contribution >= 4 is 10.1 Å². The second-order valence-electron chi connectivity index (χ2n) is 4.11. The number of hydrogen-bond donors (Lipinski definition) is 0. The fourth-order valence-corrected chi connectivity index (χ4v) is 2.44. The maximum absolute atomic E-state index is 13.5. The second-order valence-corrected chi connectivity index (χ2v) is 5.65. The molecule has 20 heavy (non-hydrogen) atoms. The van der Waals surface area contributed by atoms with Crippen LogP contribution in [-0.2, 0) is 10.1 Å². The molecule has 102 valence electrons. The van der Waals surface area contributed by atoms with Crippen LogP contribution in [0.2, 0.25) is 0 Å². The molecule has 0 aliphatic rings. The smallest absolute Gasteiger partial charge is 0.339 e. The molecule has 0 heterocycles. The van der Waals surface area contributed by atoms with Gasteiger partial charge in [-0.05, 0) is 31.2 Å². The highest BCUT2D eigenvalue weighted by Crippen LogP contribution is 2.23. The standard InChI is InChI=1S/C14H10FNO3S/c1-10-2-5-12(6-3-10)20(17,18)19-14-8-11(9-16)4-7-13(14)15/h2-8H,1H3. The third-order valence-electron chi connectivity index (χ3n) is 2.57. The van der Waals surface area contributed by atoms with Crippen molar-refractivity contribution in [1.29, 1.82) is 5.26 Å². The summed E-state index contributed by atoms with van der Waals surface area (Å²) in [5, 5.41) is 8.72. The number of benzene rings is 2. The van der Waals surface area contributed by atoms with Gasteiger partial charge in [-0.1, -0.05) is 17.7 Å². The number of nitriles is 1. The van der Waals surface area contributed by atoms with E-state index in [-0.39, 0.29) is 10.5 Å². The Morgan fingerprint density at radius 3 is 2.40 bits per heavy atom. The number of aryl methyl sites for hydroxylation is 1. The van der Waals surface area contributed by atoms with Crippen LogP contribution in [0.5, 0.6) is 5.75 Å². The molecule has 0 N–H and O–H groups in total. The summed E-state index contributed by atoms with van der Waals surface area (Å²) in [7, 11) is -4.13. The van der Waals surface area contributed by atoms with Gasteiger partial charge in [-0.25, -0.2) is 4.39 Å². The van der Waals surface area contributed by atoms with Crippen LogP contribution in [-0.4, -0.2) is 8.42 Å². The molecule has 0 atom stereocenters. The maximum atomic E-state index is 13.5. The first kappa shape index (κ1) is 14.0. The molecule has 2 aromatic rings. The number of hydrogen-bond acceptors (Lipinski definition) is 4. The minimum Gasteiger partial charge on any atom is -0.376 e. The zero-order chi connectivity index (χ0) is 14.8. The molecule has 0 amide bonds. The minimum atomic E-state index is -4.13. The molecule has 0 unspecified atom stereocenters. The average molecular weight is 291 g/mol. The molecular formula is C14H10FNO3S. The van der Waals surface area contributed by atoms with Crippen LogP contribution in [0.1, 0.15) is 11.1 Å². The van der Waals surface area contributed by atoms with Gasteiger partial charge >= 0.3 is 10.1 Å². The topological polar surface area (TPSA) is 67.2 Å². The van der Waals surface area contributed by atoms with Gasteiger partial charge in [-0.2, -0.15) is 13.7 Å². The van der Waals surface area contributed by atoms with Crippen LogP contribution in [0.4, 0.5) is 4.39 Å². The van der Waals surface area contributed by atoms with Crippen LogP contribution in [0.3, 0.4) is 0 Å². The lowest BCUT2D eigenvalue weighted by Crippen LogP contribution is -2.10. The Hall–Kier alpha value is -2.39. The Labute approximate surface area is 116 Å². The van der Waals surface area contributed by atoms with Gasteiger partial charge in [-0.3, -0.25) is 0 Å². The highest BCUT2D eigenvalue weighted by Gasteiger charge is 2.19. The lowest BCUT2D eigenvalue weighted by molar-refractivity contribution is 0.461. The van der Waals surface area contributed by atoms with Gasteiger partial charge in [0.15, 0.2) is 11.6 Å². The van der Waals surface area contributed by atoms with E-state index >= 15 is 0 Å². The molecule has 6 heteroatoms. The maximum Gasteiger partial charge on any atom is 0.339 e.